The summed E-state index contributed by atoms with van der Waals surface area (Å²) in [5.41, 5.74) is -0.794. The minimum atomic E-state index is -5.24. The number of imidazole rings is 2. The number of aliphatic hydroxyl groups excluding tert-OH is 4. The van der Waals surface area contributed by atoms with Gasteiger partial charge in [-0.15, -0.1) is 0 Å². The van der Waals surface area contributed by atoms with Crippen LogP contribution in [-0.2, 0) is 48.7 Å². The van der Waals surface area contributed by atoms with Crippen LogP contribution in [0.5, 0.6) is 0 Å². The number of hydrogen-bond acceptors (Lipinski definition) is 22. The van der Waals surface area contributed by atoms with Crippen LogP contribution in [0, 0.1) is 0 Å². The smallest absolute Gasteiger partial charge is 0.790 e. The van der Waals surface area contributed by atoms with Crippen molar-refractivity contribution in [2.24, 2.45) is 0 Å². The van der Waals surface area contributed by atoms with Gasteiger partial charge in [0.2, 0.25) is 0 Å². The summed E-state index contributed by atoms with van der Waals surface area (Å²) in [5, 5.41) is 39.8. The van der Waals surface area contributed by atoms with E-state index in [4.69, 9.17) is 9.47 Å². The van der Waals surface area contributed by atoms with E-state index in [0.717, 1.165) is 12.7 Å². The van der Waals surface area contributed by atoms with Gasteiger partial charge in [-0.3, -0.25) is 18.7 Å². The van der Waals surface area contributed by atoms with Crippen molar-refractivity contribution in [2.45, 2.75) is 49.1 Å². The fourth-order valence-electron chi connectivity index (χ4n) is 4.62. The largest absolute Gasteiger partial charge is 2.00 e. The maximum Gasteiger partial charge on any atom is 2.00 e. The predicted molar refractivity (Wildman–Crippen MR) is 145 cm³/mol. The third-order valence-electron chi connectivity index (χ3n) is 6.75. The Morgan fingerprint density at radius 1 is 0.694 bits per heavy atom. The molecule has 49 heavy (non-hydrogen) atoms. The molecule has 0 saturated carbocycles. The minimum absolute atomic E-state index is 0. The number of rotatable bonds is 8. The number of aromatic amines is 2. The van der Waals surface area contributed by atoms with Crippen LogP contribution in [0.25, 0.3) is 22.3 Å². The normalized spacial score (nSPS) is 26.8. The Balaban J connectivity index is 0.000000321. The first-order chi connectivity index (χ1) is 21.6. The second-order valence-electron chi connectivity index (χ2n) is 9.69. The summed E-state index contributed by atoms with van der Waals surface area (Å²) in [6, 6.07) is 0. The first kappa shape index (κ1) is 42.5. The van der Waals surface area contributed by atoms with Crippen molar-refractivity contribution in [3.63, 3.8) is 0 Å². The fraction of sp³-hybridized carbons (Fsp3) is 0.500. The number of aromatic nitrogens is 8. The molecule has 0 spiro atoms. The van der Waals surface area contributed by atoms with E-state index >= 15 is 0 Å². The van der Waals surface area contributed by atoms with Gasteiger partial charge in [-0.1, -0.05) is 0 Å². The number of ether oxygens (including phenoxy) is 2. The molecule has 29 heteroatoms. The van der Waals surface area contributed by atoms with E-state index in [1.165, 1.54) is 21.8 Å². The third-order valence-corrected chi connectivity index (χ3v) is 7.68. The zero-order valence-corrected chi connectivity index (χ0v) is 28.4. The molecule has 6 rings (SSSR count). The van der Waals surface area contributed by atoms with E-state index < -0.39 is 89.1 Å². The van der Waals surface area contributed by atoms with Crippen LogP contribution in [-0.4, -0.2) is 109 Å². The molecule has 2 aliphatic rings. The van der Waals surface area contributed by atoms with Gasteiger partial charge in [-0.2, -0.15) is 0 Å². The third kappa shape index (κ3) is 9.35. The predicted octanol–water partition coefficient (Wildman–Crippen LogP) is -6.51. The number of fused-ring (bicyclic) bond motifs is 2. The summed E-state index contributed by atoms with van der Waals surface area (Å²) in [4.78, 5) is 85.3. The number of nitrogens with zero attached hydrogens (tertiary/aromatic N) is 6. The van der Waals surface area contributed by atoms with Crippen molar-refractivity contribution in [2.75, 3.05) is 13.2 Å². The van der Waals surface area contributed by atoms with Crippen molar-refractivity contribution >= 4 is 38.0 Å². The average molecular weight is 922 g/mol. The van der Waals surface area contributed by atoms with Gasteiger partial charge in [0.1, 0.15) is 36.6 Å². The van der Waals surface area contributed by atoms with Crippen LogP contribution >= 0.6 is 15.6 Å². The summed E-state index contributed by atoms with van der Waals surface area (Å²) in [6.07, 6.45) is -6.22. The van der Waals surface area contributed by atoms with Crippen molar-refractivity contribution in [1.82, 2.24) is 51.3 Å². The molecule has 2 saturated heterocycles. The second-order valence-corrected chi connectivity index (χ2v) is 12.0. The van der Waals surface area contributed by atoms with Crippen molar-refractivity contribution in [3.8, 4) is 0 Å². The molecule has 0 radical (unpaired) electrons. The van der Waals surface area contributed by atoms with Gasteiger partial charge >= 0.3 is 21.1 Å². The van der Waals surface area contributed by atoms with Gasteiger partial charge in [0.25, 0.3) is 11.1 Å². The van der Waals surface area contributed by atoms with Crippen LogP contribution in [0.3, 0.4) is 0 Å². The van der Waals surface area contributed by atoms with E-state index in [1.54, 1.807) is 0 Å². The van der Waals surface area contributed by atoms with E-state index in [9.17, 15) is 58.7 Å². The maximum atomic E-state index is 11.6. The molecule has 8 atom stereocenters. The number of phosphoric ester groups is 2. The molecule has 4 aromatic heterocycles. The van der Waals surface area contributed by atoms with Gasteiger partial charge in [0.05, 0.1) is 54.2 Å². The molecular weight excluding hydrogens is 893 g/mol. The Labute approximate surface area is 286 Å². The van der Waals surface area contributed by atoms with Gasteiger partial charge in [0.15, 0.2) is 34.8 Å². The van der Waals surface area contributed by atoms with E-state index in [-0.39, 0.29) is 55.7 Å². The van der Waals surface area contributed by atoms with Crippen LogP contribution in [0.15, 0.2) is 34.9 Å². The molecule has 0 bridgehead atoms. The molecule has 4 aromatic rings. The zero-order valence-electron chi connectivity index (χ0n) is 24.3. The monoisotopic (exact) mass is 921 g/mol. The van der Waals surface area contributed by atoms with Crippen LogP contribution in [0.1, 0.15) is 12.5 Å². The molecule has 0 aliphatic carbocycles. The first-order valence-corrected chi connectivity index (χ1v) is 15.6. The molecule has 2 aliphatic heterocycles. The topological polar surface area (TPSA) is 441 Å². The number of H-pyrrole nitrogens is 2. The minimum Gasteiger partial charge on any atom is -0.790 e. The fourth-order valence-corrected chi connectivity index (χ4v) is 5.28. The van der Waals surface area contributed by atoms with Gasteiger partial charge in [-0.05, 0) is 0 Å². The molecule has 2 fully saturated rings. The Bertz CT molecular complexity index is 1780. The molecular formula is C20H28N10O16P2Pt-2. The van der Waals surface area contributed by atoms with Gasteiger partial charge in [-0.25, -0.2) is 19.9 Å². The molecule has 0 aromatic carbocycles. The van der Waals surface area contributed by atoms with Crippen LogP contribution in [0.4, 0.5) is 0 Å². The summed E-state index contributed by atoms with van der Waals surface area (Å²) < 4.78 is 42.2. The van der Waals surface area contributed by atoms with Crippen molar-refractivity contribution in [1.29, 1.82) is 0 Å². The maximum absolute atomic E-state index is 11.6. The second kappa shape index (κ2) is 16.5. The van der Waals surface area contributed by atoms with Crippen LogP contribution < -0.4 is 43.0 Å². The summed E-state index contributed by atoms with van der Waals surface area (Å²) in [5.74, 6) is 0. The first-order valence-electron chi connectivity index (χ1n) is 12.7. The number of hydrogen-bond donors (Lipinski definition) is 8. The van der Waals surface area contributed by atoms with Crippen LogP contribution in [0.2, 0.25) is 0 Å². The Morgan fingerprint density at radius 2 is 1.04 bits per heavy atom. The molecule has 276 valence electrons. The SMILES string of the molecule is N.N.O=c1[nH]cnc2c1ncn2C1OC(COP(=O)([O-])[O-])C(O)C1O.O=c1[nH]cnc2c1ncn2C1OC(COP(=O)([O-])[O-])C(O)C1O.[Pt+2]. The Hall–Kier alpha value is -2.71. The summed E-state index contributed by atoms with van der Waals surface area (Å²) in [6.45, 7) is -1.50. The van der Waals surface area contributed by atoms with E-state index in [2.05, 4.69) is 39.0 Å². The van der Waals surface area contributed by atoms with E-state index in [0.29, 0.717) is 0 Å². The molecule has 6 heterocycles. The molecule has 8 unspecified atom stereocenters. The van der Waals surface area contributed by atoms with Crippen molar-refractivity contribution in [3.05, 3.63) is 46.0 Å². The number of nitrogens with one attached hydrogen (secondary N) is 2. The van der Waals surface area contributed by atoms with E-state index in [1.807, 2.05) is 0 Å². The van der Waals surface area contributed by atoms with Gasteiger partial charge < -0.3 is 89.9 Å². The number of aliphatic hydroxyl groups is 4. The average Bonchev–Trinajstić information content (AvgIpc) is 3.73. The zero-order chi connectivity index (χ0) is 33.6. The van der Waals surface area contributed by atoms with Crippen molar-refractivity contribution < 1.29 is 88.7 Å². The quantitative estimate of drug-likeness (QED) is 0.0762. The van der Waals surface area contributed by atoms with Gasteiger partial charge in [0, 0.05) is 0 Å². The molecule has 12 N–H and O–H groups in total. The standard InChI is InChI=1S/2C10H13N4O8P.2H3N.Pt/c2*15-6-4(1-21-23(18,19)20)22-10(7(6)16)14-3-13-5-8(14)11-2-12-9(5)17;;;/h2*2-4,6-7,10,15-16H,1H2,(H,11,12,17)(H2,18,19,20);2*1H3;/q;;;;+2/p-4. The molecule has 0 amide bonds. The molecule has 26 nitrogen and oxygen atoms in total. The summed E-state index contributed by atoms with van der Waals surface area (Å²) in [7, 11) is -10.5. The Kier molecular flexibility index (Phi) is 14.3. The number of phosphoric acid groups is 2. The summed E-state index contributed by atoms with van der Waals surface area (Å²) >= 11 is 0. The Morgan fingerprint density at radius 3 is 1.37 bits per heavy atom.